The molecule has 0 N–H and O–H groups in total. The molecule has 0 saturated carbocycles. The molecule has 29 heavy (non-hydrogen) atoms. The maximum atomic E-state index is 12.7. The number of carbonyl (C=O) groups excluding carboxylic acids is 1. The van der Waals surface area contributed by atoms with Crippen LogP contribution in [-0.2, 0) is 19.0 Å². The molecule has 0 aliphatic carbocycles. The Morgan fingerprint density at radius 1 is 0.966 bits per heavy atom. The molecule has 0 radical (unpaired) electrons. The number of carbonyl (C=O) groups is 1. The molecule has 3 unspecified atom stereocenters. The van der Waals surface area contributed by atoms with E-state index in [1.165, 1.54) is 11.1 Å². The number of ether oxygens (including phenoxy) is 3. The third-order valence-electron chi connectivity index (χ3n) is 5.81. The lowest BCUT2D eigenvalue weighted by atomic mass is 9.75. The van der Waals surface area contributed by atoms with Crippen LogP contribution in [0.4, 0.5) is 0 Å². The molecule has 0 bridgehead atoms. The molecular weight excluding hydrogens is 364 g/mol. The fraction of sp³-hybridized carbons (Fsp3) is 0.400. The van der Waals surface area contributed by atoms with Gasteiger partial charge in [-0.25, -0.2) is 4.79 Å². The Morgan fingerprint density at radius 2 is 1.48 bits per heavy atom. The number of hydrogen-bond acceptors (Lipinski definition) is 4. The molecule has 4 heteroatoms. The molecule has 2 aromatic carbocycles. The van der Waals surface area contributed by atoms with Gasteiger partial charge < -0.3 is 14.2 Å². The van der Waals surface area contributed by atoms with Crippen molar-refractivity contribution in [3.63, 3.8) is 0 Å². The van der Waals surface area contributed by atoms with Gasteiger partial charge in [0.2, 0.25) is 0 Å². The molecule has 4 nitrogen and oxygen atoms in total. The minimum Gasteiger partial charge on any atom is -0.459 e. The first-order valence-corrected chi connectivity index (χ1v) is 10.3. The third-order valence-corrected chi connectivity index (χ3v) is 5.81. The van der Waals surface area contributed by atoms with Gasteiger partial charge in [0.15, 0.2) is 0 Å². The van der Waals surface area contributed by atoms with Crippen molar-refractivity contribution >= 4 is 5.97 Å². The summed E-state index contributed by atoms with van der Waals surface area (Å²) in [4.78, 5) is 12.7. The van der Waals surface area contributed by atoms with E-state index in [1.54, 1.807) is 0 Å². The largest absolute Gasteiger partial charge is 0.459 e. The topological polar surface area (TPSA) is 51.4 Å². The lowest BCUT2D eigenvalue weighted by Crippen LogP contribution is -2.20. The van der Waals surface area contributed by atoms with E-state index in [0.717, 1.165) is 18.6 Å². The van der Waals surface area contributed by atoms with Crippen molar-refractivity contribution < 1.29 is 19.0 Å². The zero-order valence-corrected chi connectivity index (χ0v) is 17.0. The van der Waals surface area contributed by atoms with Crippen LogP contribution in [0.25, 0.3) is 0 Å². The van der Waals surface area contributed by atoms with Crippen LogP contribution < -0.4 is 0 Å². The van der Waals surface area contributed by atoms with Crippen LogP contribution in [0.15, 0.2) is 71.8 Å². The van der Waals surface area contributed by atoms with E-state index in [9.17, 15) is 4.79 Å². The molecule has 0 aromatic heterocycles. The monoisotopic (exact) mass is 392 g/mol. The highest BCUT2D eigenvalue weighted by atomic mass is 16.6. The predicted octanol–water partition coefficient (Wildman–Crippen LogP) is 4.50. The molecule has 0 amide bonds. The zero-order valence-electron chi connectivity index (χ0n) is 17.0. The highest BCUT2D eigenvalue weighted by molar-refractivity contribution is 5.89. The van der Waals surface area contributed by atoms with E-state index >= 15 is 0 Å². The third kappa shape index (κ3) is 5.14. The molecule has 2 saturated heterocycles. The van der Waals surface area contributed by atoms with E-state index in [0.29, 0.717) is 18.8 Å². The van der Waals surface area contributed by atoms with Crippen LogP contribution in [0.1, 0.15) is 37.3 Å². The van der Waals surface area contributed by atoms with Crippen molar-refractivity contribution in [2.75, 3.05) is 19.8 Å². The maximum Gasteiger partial charge on any atom is 0.333 e. The minimum absolute atomic E-state index is 0.0702. The summed E-state index contributed by atoms with van der Waals surface area (Å²) in [5.41, 5.74) is 4.30. The van der Waals surface area contributed by atoms with Crippen molar-refractivity contribution in [2.24, 2.45) is 5.92 Å². The second-order valence-electron chi connectivity index (χ2n) is 7.95. The van der Waals surface area contributed by atoms with Crippen molar-refractivity contribution in [3.8, 4) is 0 Å². The second-order valence-corrected chi connectivity index (χ2v) is 7.95. The lowest BCUT2D eigenvalue weighted by molar-refractivity contribution is -0.139. The van der Waals surface area contributed by atoms with Gasteiger partial charge >= 0.3 is 5.97 Å². The van der Waals surface area contributed by atoms with Gasteiger partial charge in [-0.3, -0.25) is 0 Å². The normalized spacial score (nSPS) is 22.0. The smallest absolute Gasteiger partial charge is 0.333 e. The van der Waals surface area contributed by atoms with E-state index in [-0.39, 0.29) is 30.0 Å². The quantitative estimate of drug-likeness (QED) is 0.358. The zero-order chi connectivity index (χ0) is 20.2. The Balaban J connectivity index is 1.66. The summed E-state index contributed by atoms with van der Waals surface area (Å²) in [6.45, 7) is 5.87. The second kappa shape index (κ2) is 8.93. The first-order chi connectivity index (χ1) is 14.1. The van der Waals surface area contributed by atoms with Crippen molar-refractivity contribution in [1.82, 2.24) is 0 Å². The first kappa shape index (κ1) is 19.9. The van der Waals surface area contributed by atoms with Crippen molar-refractivity contribution in [2.45, 2.75) is 38.4 Å². The molecule has 2 aliphatic rings. The molecule has 4 rings (SSSR count). The Hall–Kier alpha value is -2.43. The fourth-order valence-corrected chi connectivity index (χ4v) is 3.98. The molecule has 2 heterocycles. The Kier molecular flexibility index (Phi) is 6.12. The first-order valence-electron chi connectivity index (χ1n) is 10.3. The van der Waals surface area contributed by atoms with Crippen LogP contribution in [0, 0.1) is 5.92 Å². The SMILES string of the molecule is CC(C(=O)OCC1CO1)=C(CC1CO1)C(C)C(c1ccccc1)c1ccccc1. The molecule has 2 aliphatic heterocycles. The highest BCUT2D eigenvalue weighted by Gasteiger charge is 2.33. The summed E-state index contributed by atoms with van der Waals surface area (Å²) in [6, 6.07) is 21.0. The van der Waals surface area contributed by atoms with Gasteiger partial charge in [0.05, 0.1) is 19.3 Å². The van der Waals surface area contributed by atoms with Crippen LogP contribution >= 0.6 is 0 Å². The molecule has 0 spiro atoms. The molecule has 2 fully saturated rings. The number of hydrogen-bond donors (Lipinski definition) is 0. The Morgan fingerprint density at radius 3 is 1.97 bits per heavy atom. The molecule has 3 atom stereocenters. The summed E-state index contributed by atoms with van der Waals surface area (Å²) < 4.78 is 16.2. The van der Waals surface area contributed by atoms with Gasteiger partial charge in [0.1, 0.15) is 12.7 Å². The van der Waals surface area contributed by atoms with Gasteiger partial charge in [-0.1, -0.05) is 73.2 Å². The summed E-state index contributed by atoms with van der Waals surface area (Å²) in [7, 11) is 0. The fourth-order valence-electron chi connectivity index (χ4n) is 3.98. The lowest BCUT2D eigenvalue weighted by Gasteiger charge is -2.28. The van der Waals surface area contributed by atoms with Crippen LogP contribution in [0.3, 0.4) is 0 Å². The highest BCUT2D eigenvalue weighted by Crippen LogP contribution is 2.40. The molecule has 2 aromatic rings. The van der Waals surface area contributed by atoms with Gasteiger partial charge in [0.25, 0.3) is 0 Å². The Labute approximate surface area is 172 Å². The molecule has 152 valence electrons. The van der Waals surface area contributed by atoms with Gasteiger partial charge in [-0.2, -0.15) is 0 Å². The van der Waals surface area contributed by atoms with Gasteiger partial charge in [-0.15, -0.1) is 0 Å². The Bertz CT molecular complexity index is 811. The summed E-state index contributed by atoms with van der Waals surface area (Å²) in [5, 5.41) is 0. The predicted molar refractivity (Wildman–Crippen MR) is 112 cm³/mol. The van der Waals surface area contributed by atoms with Gasteiger partial charge in [0, 0.05) is 11.5 Å². The number of benzene rings is 2. The number of rotatable bonds is 9. The standard InChI is InChI=1S/C25H28O4/c1-17(24(19-9-5-3-6-10-19)20-11-7-4-8-12-20)23(13-21-14-27-21)18(2)25(26)29-16-22-15-28-22/h3-12,17,21-22,24H,13-16H2,1-2H3. The van der Waals surface area contributed by atoms with Crippen LogP contribution in [0.2, 0.25) is 0 Å². The number of epoxide rings is 2. The van der Waals surface area contributed by atoms with Crippen molar-refractivity contribution in [1.29, 1.82) is 0 Å². The number of esters is 1. The minimum atomic E-state index is -0.247. The van der Waals surface area contributed by atoms with E-state index < -0.39 is 0 Å². The summed E-state index contributed by atoms with van der Waals surface area (Å²) >= 11 is 0. The summed E-state index contributed by atoms with van der Waals surface area (Å²) in [5.74, 6) is 0.0391. The molecular formula is C25H28O4. The van der Waals surface area contributed by atoms with Gasteiger partial charge in [-0.05, 0) is 30.4 Å². The average Bonchev–Trinajstić information content (AvgIpc) is 3.67. The van der Waals surface area contributed by atoms with Crippen LogP contribution in [-0.4, -0.2) is 38.0 Å². The van der Waals surface area contributed by atoms with E-state index in [4.69, 9.17) is 14.2 Å². The van der Waals surface area contributed by atoms with E-state index in [2.05, 4.69) is 55.5 Å². The van der Waals surface area contributed by atoms with Crippen molar-refractivity contribution in [3.05, 3.63) is 82.9 Å². The maximum absolute atomic E-state index is 12.7. The van der Waals surface area contributed by atoms with E-state index in [1.807, 2.05) is 19.1 Å². The average molecular weight is 392 g/mol. The van der Waals surface area contributed by atoms with Crippen LogP contribution in [0.5, 0.6) is 0 Å². The summed E-state index contributed by atoms with van der Waals surface area (Å²) in [6.07, 6.45) is 1.04.